The first-order valence-electron chi connectivity index (χ1n) is 4.32. The Morgan fingerprint density at radius 1 is 1.67 bits per heavy atom. The molecule has 1 saturated carbocycles. The van der Waals surface area contributed by atoms with Crippen molar-refractivity contribution < 1.29 is 13.6 Å². The predicted octanol–water partition coefficient (Wildman–Crippen LogP) is 2.65. The number of halogens is 2. The molecule has 0 aromatic heterocycles. The molecule has 0 aliphatic heterocycles. The average molecular weight is 176 g/mol. The normalized spacial score (nSPS) is 35.8. The number of hydrogen-bond acceptors (Lipinski definition) is 1. The Morgan fingerprint density at radius 2 is 2.33 bits per heavy atom. The first kappa shape index (κ1) is 9.62. The summed E-state index contributed by atoms with van der Waals surface area (Å²) < 4.78 is 24.2. The first-order chi connectivity index (χ1) is 5.58. The van der Waals surface area contributed by atoms with Crippen LogP contribution in [0.2, 0.25) is 0 Å². The molecule has 1 rings (SSSR count). The maximum absolute atomic E-state index is 12.1. The third-order valence-electron chi connectivity index (χ3n) is 2.70. The van der Waals surface area contributed by atoms with E-state index in [0.717, 1.165) is 12.7 Å². The molecule has 1 aliphatic rings. The molecule has 0 radical (unpaired) electrons. The van der Waals surface area contributed by atoms with Crippen molar-refractivity contribution >= 4 is 6.29 Å². The summed E-state index contributed by atoms with van der Waals surface area (Å²) >= 11 is 0. The van der Waals surface area contributed by atoms with Gasteiger partial charge in [-0.2, -0.15) is 0 Å². The van der Waals surface area contributed by atoms with Gasteiger partial charge in [-0.1, -0.05) is 6.92 Å². The zero-order valence-electron chi connectivity index (χ0n) is 7.22. The average Bonchev–Trinajstić information content (AvgIpc) is 2.32. The van der Waals surface area contributed by atoms with E-state index in [4.69, 9.17) is 0 Å². The van der Waals surface area contributed by atoms with Gasteiger partial charge in [-0.3, -0.25) is 0 Å². The van der Waals surface area contributed by atoms with Crippen LogP contribution >= 0.6 is 0 Å². The maximum atomic E-state index is 12.1. The Hall–Kier alpha value is -0.470. The standard InChI is InChI=1S/C9H14F2O/c1-7-2-3-9(4-7,6-12)5-8(10)11/h6-8H,2-5H2,1H3. The molecule has 2 atom stereocenters. The van der Waals surface area contributed by atoms with Gasteiger partial charge in [-0.25, -0.2) is 8.78 Å². The van der Waals surface area contributed by atoms with Crippen molar-refractivity contribution in [2.24, 2.45) is 11.3 Å². The van der Waals surface area contributed by atoms with Crippen LogP contribution in [0.4, 0.5) is 8.78 Å². The number of carbonyl (C=O) groups is 1. The van der Waals surface area contributed by atoms with Crippen LogP contribution in [0.25, 0.3) is 0 Å². The minimum atomic E-state index is -2.35. The Balaban J connectivity index is 2.58. The third-order valence-corrected chi connectivity index (χ3v) is 2.70. The van der Waals surface area contributed by atoms with Gasteiger partial charge in [-0.15, -0.1) is 0 Å². The maximum Gasteiger partial charge on any atom is 0.239 e. The summed E-state index contributed by atoms with van der Waals surface area (Å²) in [5, 5.41) is 0. The van der Waals surface area contributed by atoms with Gasteiger partial charge in [0.2, 0.25) is 6.43 Å². The van der Waals surface area contributed by atoms with Crippen molar-refractivity contribution in [1.29, 1.82) is 0 Å². The minimum absolute atomic E-state index is 0.249. The van der Waals surface area contributed by atoms with E-state index in [-0.39, 0.29) is 6.42 Å². The van der Waals surface area contributed by atoms with Crippen molar-refractivity contribution in [2.75, 3.05) is 0 Å². The molecule has 70 valence electrons. The van der Waals surface area contributed by atoms with Crippen LogP contribution in [0.3, 0.4) is 0 Å². The van der Waals surface area contributed by atoms with E-state index in [1.54, 1.807) is 0 Å². The fourth-order valence-electron chi connectivity index (χ4n) is 2.08. The summed E-state index contributed by atoms with van der Waals surface area (Å²) in [6, 6.07) is 0. The van der Waals surface area contributed by atoms with Crippen molar-refractivity contribution in [3.8, 4) is 0 Å². The van der Waals surface area contributed by atoms with E-state index >= 15 is 0 Å². The second kappa shape index (κ2) is 3.50. The van der Waals surface area contributed by atoms with Crippen LogP contribution in [0.15, 0.2) is 0 Å². The lowest BCUT2D eigenvalue weighted by molar-refractivity contribution is -0.118. The topological polar surface area (TPSA) is 17.1 Å². The second-order valence-corrected chi connectivity index (χ2v) is 3.92. The summed E-state index contributed by atoms with van der Waals surface area (Å²) in [6.07, 6.45) is 0.332. The van der Waals surface area contributed by atoms with Crippen LogP contribution in [0, 0.1) is 11.3 Å². The summed E-state index contributed by atoms with van der Waals surface area (Å²) in [4.78, 5) is 10.7. The van der Waals surface area contributed by atoms with E-state index in [9.17, 15) is 13.6 Å². The molecule has 1 fully saturated rings. The quantitative estimate of drug-likeness (QED) is 0.604. The second-order valence-electron chi connectivity index (χ2n) is 3.92. The van der Waals surface area contributed by atoms with E-state index in [2.05, 4.69) is 0 Å². The fourth-order valence-corrected chi connectivity index (χ4v) is 2.08. The van der Waals surface area contributed by atoms with Crippen LogP contribution in [0.5, 0.6) is 0 Å². The molecule has 1 nitrogen and oxygen atoms in total. The molecule has 2 unspecified atom stereocenters. The van der Waals surface area contributed by atoms with Gasteiger partial charge in [0.05, 0.1) is 0 Å². The van der Waals surface area contributed by atoms with Gasteiger partial charge < -0.3 is 4.79 Å². The molecule has 3 heteroatoms. The highest BCUT2D eigenvalue weighted by Gasteiger charge is 2.39. The molecule has 0 aromatic carbocycles. The molecule has 0 saturated heterocycles. The van der Waals surface area contributed by atoms with Crippen LogP contribution in [0.1, 0.15) is 32.6 Å². The molecule has 0 heterocycles. The SMILES string of the molecule is CC1CCC(C=O)(CC(F)F)C1. The van der Waals surface area contributed by atoms with E-state index in [1.807, 2.05) is 6.92 Å². The molecular weight excluding hydrogens is 162 g/mol. The molecule has 0 aromatic rings. The number of hydrogen-bond donors (Lipinski definition) is 0. The minimum Gasteiger partial charge on any atom is -0.303 e. The van der Waals surface area contributed by atoms with Crippen LogP contribution in [-0.4, -0.2) is 12.7 Å². The van der Waals surface area contributed by atoms with E-state index in [0.29, 0.717) is 18.8 Å². The Kier molecular flexibility index (Phi) is 2.80. The van der Waals surface area contributed by atoms with E-state index < -0.39 is 11.8 Å². The molecule has 0 N–H and O–H groups in total. The lowest BCUT2D eigenvalue weighted by Gasteiger charge is -2.21. The highest BCUT2D eigenvalue weighted by molar-refractivity contribution is 5.60. The first-order valence-corrected chi connectivity index (χ1v) is 4.32. The number of rotatable bonds is 3. The summed E-state index contributed by atoms with van der Waals surface area (Å²) in [6.45, 7) is 2.01. The fraction of sp³-hybridized carbons (Fsp3) is 0.889. The lowest BCUT2D eigenvalue weighted by Crippen LogP contribution is -2.22. The zero-order chi connectivity index (χ0) is 9.19. The number of alkyl halides is 2. The molecular formula is C9H14F2O. The van der Waals surface area contributed by atoms with Crippen molar-refractivity contribution in [3.63, 3.8) is 0 Å². The van der Waals surface area contributed by atoms with E-state index in [1.165, 1.54) is 0 Å². The molecule has 0 amide bonds. The number of aldehydes is 1. The van der Waals surface area contributed by atoms with Gasteiger partial charge in [0.1, 0.15) is 6.29 Å². The van der Waals surface area contributed by atoms with Gasteiger partial charge in [-0.05, 0) is 25.2 Å². The predicted molar refractivity (Wildman–Crippen MR) is 42.1 cm³/mol. The van der Waals surface area contributed by atoms with Gasteiger partial charge in [0.25, 0.3) is 0 Å². The summed E-state index contributed by atoms with van der Waals surface area (Å²) in [5.74, 6) is 0.425. The molecule has 1 aliphatic carbocycles. The van der Waals surface area contributed by atoms with Crippen LogP contribution in [-0.2, 0) is 4.79 Å². The highest BCUT2D eigenvalue weighted by Crippen LogP contribution is 2.43. The Bertz CT molecular complexity index is 170. The third kappa shape index (κ3) is 2.02. The zero-order valence-corrected chi connectivity index (χ0v) is 7.22. The summed E-state index contributed by atoms with van der Waals surface area (Å²) in [5.41, 5.74) is -0.701. The molecule has 0 bridgehead atoms. The van der Waals surface area contributed by atoms with Crippen LogP contribution < -0.4 is 0 Å². The molecule has 0 spiro atoms. The van der Waals surface area contributed by atoms with Crippen molar-refractivity contribution in [2.45, 2.75) is 39.0 Å². The molecule has 12 heavy (non-hydrogen) atoms. The highest BCUT2D eigenvalue weighted by atomic mass is 19.3. The van der Waals surface area contributed by atoms with Gasteiger partial charge >= 0.3 is 0 Å². The van der Waals surface area contributed by atoms with Crippen molar-refractivity contribution in [3.05, 3.63) is 0 Å². The van der Waals surface area contributed by atoms with Gasteiger partial charge in [0, 0.05) is 11.8 Å². The largest absolute Gasteiger partial charge is 0.303 e. The smallest absolute Gasteiger partial charge is 0.239 e. The number of carbonyl (C=O) groups excluding carboxylic acids is 1. The Morgan fingerprint density at radius 3 is 2.67 bits per heavy atom. The lowest BCUT2D eigenvalue weighted by atomic mass is 9.84. The van der Waals surface area contributed by atoms with Gasteiger partial charge in [0.15, 0.2) is 0 Å². The Labute approximate surface area is 71.1 Å². The monoisotopic (exact) mass is 176 g/mol. The van der Waals surface area contributed by atoms with Crippen molar-refractivity contribution in [1.82, 2.24) is 0 Å². The summed E-state index contributed by atoms with van der Waals surface area (Å²) in [7, 11) is 0.